The number of aromatic nitrogens is 3. The van der Waals surface area contributed by atoms with E-state index < -0.39 is 6.09 Å². The van der Waals surface area contributed by atoms with E-state index in [0.29, 0.717) is 11.8 Å². The van der Waals surface area contributed by atoms with Crippen LogP contribution >= 0.6 is 0 Å². The van der Waals surface area contributed by atoms with Crippen molar-refractivity contribution in [1.29, 1.82) is 0 Å². The highest BCUT2D eigenvalue weighted by molar-refractivity contribution is 5.65. The van der Waals surface area contributed by atoms with Gasteiger partial charge in [0.15, 0.2) is 0 Å². The molecule has 2 N–H and O–H groups in total. The Morgan fingerprint density at radius 1 is 1.21 bits per heavy atom. The minimum absolute atomic E-state index is 0.0516. The number of nitrogens with one attached hydrogen (secondary N) is 1. The van der Waals surface area contributed by atoms with Crippen molar-refractivity contribution in [3.05, 3.63) is 66.0 Å². The van der Waals surface area contributed by atoms with Crippen LogP contribution in [0.15, 0.2) is 48.9 Å². The summed E-state index contributed by atoms with van der Waals surface area (Å²) in [7, 11) is 0. The summed E-state index contributed by atoms with van der Waals surface area (Å²) in [5.74, 6) is 1.86. The second kappa shape index (κ2) is 8.00. The Hall–Kier alpha value is -2.89. The van der Waals surface area contributed by atoms with Crippen molar-refractivity contribution >= 4 is 11.6 Å². The van der Waals surface area contributed by atoms with Gasteiger partial charge in [-0.3, -0.25) is 4.98 Å². The fourth-order valence-corrected chi connectivity index (χ4v) is 4.52. The molecule has 1 aromatic carbocycles. The lowest BCUT2D eigenvalue weighted by molar-refractivity contribution is 0.176. The normalized spacial score (nSPS) is 20.8. The van der Waals surface area contributed by atoms with Gasteiger partial charge < -0.3 is 14.8 Å². The van der Waals surface area contributed by atoms with E-state index in [1.54, 1.807) is 0 Å². The predicted octanol–water partition coefficient (Wildman–Crippen LogP) is 4.19. The molecule has 1 fully saturated rings. The van der Waals surface area contributed by atoms with Gasteiger partial charge in [-0.15, -0.1) is 0 Å². The van der Waals surface area contributed by atoms with Crippen LogP contribution in [-0.4, -0.2) is 31.6 Å². The maximum atomic E-state index is 11.3. The van der Waals surface area contributed by atoms with Gasteiger partial charge in [-0.05, 0) is 50.5 Å². The number of hydrogen-bond acceptors (Lipinski definition) is 3. The highest BCUT2D eigenvalue weighted by Crippen LogP contribution is 2.37. The molecule has 0 saturated heterocycles. The lowest BCUT2D eigenvalue weighted by Gasteiger charge is -2.33. The van der Waals surface area contributed by atoms with Crippen molar-refractivity contribution in [3.63, 3.8) is 0 Å². The highest BCUT2D eigenvalue weighted by atomic mass is 16.4. The van der Waals surface area contributed by atoms with Gasteiger partial charge in [0, 0.05) is 24.4 Å². The minimum Gasteiger partial charge on any atom is -0.465 e. The van der Waals surface area contributed by atoms with Crippen LogP contribution < -0.4 is 5.32 Å². The smallest absolute Gasteiger partial charge is 0.404 e. The number of amides is 1. The average Bonchev–Trinajstić information content (AvgIpc) is 3.14. The zero-order chi connectivity index (χ0) is 19.5. The van der Waals surface area contributed by atoms with Crippen molar-refractivity contribution in [2.24, 2.45) is 5.92 Å². The Morgan fingerprint density at radius 3 is 2.68 bits per heavy atom. The molecular weight excluding hydrogens is 352 g/mol. The lowest BCUT2D eigenvalue weighted by Crippen LogP contribution is -2.42. The van der Waals surface area contributed by atoms with E-state index in [0.717, 1.165) is 49.1 Å². The zero-order valence-electron chi connectivity index (χ0n) is 16.1. The molecule has 1 unspecified atom stereocenters. The van der Waals surface area contributed by atoms with Gasteiger partial charge >= 0.3 is 6.09 Å². The van der Waals surface area contributed by atoms with Gasteiger partial charge in [0.25, 0.3) is 0 Å². The van der Waals surface area contributed by atoms with Crippen molar-refractivity contribution in [2.45, 2.75) is 51.0 Å². The fraction of sp³-hybridized carbons (Fsp3) is 0.409. The molecule has 1 aliphatic carbocycles. The van der Waals surface area contributed by atoms with Crippen LogP contribution in [0.3, 0.4) is 0 Å². The monoisotopic (exact) mass is 378 g/mol. The highest BCUT2D eigenvalue weighted by Gasteiger charge is 2.31. The van der Waals surface area contributed by atoms with Gasteiger partial charge in [-0.2, -0.15) is 0 Å². The summed E-state index contributed by atoms with van der Waals surface area (Å²) < 4.78 is 2.16. The number of nitrogens with zero attached hydrogens (tertiary/aromatic N) is 3. The van der Waals surface area contributed by atoms with E-state index in [1.807, 2.05) is 43.7 Å². The third-order valence-electron chi connectivity index (χ3n) is 5.99. The third kappa shape index (κ3) is 3.86. The van der Waals surface area contributed by atoms with E-state index in [2.05, 4.69) is 31.8 Å². The summed E-state index contributed by atoms with van der Waals surface area (Å²) in [6.07, 6.45) is 9.57. The minimum atomic E-state index is -0.940. The van der Waals surface area contributed by atoms with Gasteiger partial charge in [0.05, 0.1) is 17.4 Å². The van der Waals surface area contributed by atoms with Gasteiger partial charge in [0.1, 0.15) is 5.82 Å². The summed E-state index contributed by atoms with van der Waals surface area (Å²) in [4.78, 5) is 20.4. The Balaban J connectivity index is 1.46. The number of carbonyl (C=O) groups is 1. The molecular formula is C22H26N4O2. The number of aryl methyl sites for hydroxylation is 1. The van der Waals surface area contributed by atoms with Crippen molar-refractivity contribution in [1.82, 2.24) is 19.7 Å². The van der Waals surface area contributed by atoms with Crippen molar-refractivity contribution in [2.75, 3.05) is 0 Å². The molecule has 28 heavy (non-hydrogen) atoms. The first-order chi connectivity index (χ1) is 13.6. The molecule has 0 spiro atoms. The summed E-state index contributed by atoms with van der Waals surface area (Å²) in [5.41, 5.74) is 3.23. The summed E-state index contributed by atoms with van der Waals surface area (Å²) in [5, 5.41) is 12.1. The van der Waals surface area contributed by atoms with E-state index in [9.17, 15) is 9.90 Å². The summed E-state index contributed by atoms with van der Waals surface area (Å²) in [6.45, 7) is 2.00. The SMILES string of the molecule is Cc1nccn2c(C3CCC(C(Cc4ccccc4)NC(=O)O)CC3)ncc12. The Bertz CT molecular complexity index is 946. The number of hydrogen-bond donors (Lipinski definition) is 2. The molecule has 0 bridgehead atoms. The largest absolute Gasteiger partial charge is 0.465 e. The molecule has 146 valence electrons. The van der Waals surface area contributed by atoms with Crippen molar-refractivity contribution in [3.8, 4) is 0 Å². The Kier molecular flexibility index (Phi) is 5.28. The maximum absolute atomic E-state index is 11.3. The van der Waals surface area contributed by atoms with E-state index >= 15 is 0 Å². The van der Waals surface area contributed by atoms with Crippen LogP contribution in [0.2, 0.25) is 0 Å². The number of benzene rings is 1. The third-order valence-corrected chi connectivity index (χ3v) is 5.99. The molecule has 1 atom stereocenters. The van der Waals surface area contributed by atoms with Gasteiger partial charge in [0.2, 0.25) is 0 Å². The summed E-state index contributed by atoms with van der Waals surface area (Å²) in [6, 6.07) is 10.1. The van der Waals surface area contributed by atoms with Crippen LogP contribution in [0.1, 0.15) is 48.7 Å². The molecule has 1 saturated carbocycles. The first-order valence-corrected chi connectivity index (χ1v) is 9.93. The molecule has 0 radical (unpaired) electrons. The second-order valence-corrected chi connectivity index (χ2v) is 7.74. The van der Waals surface area contributed by atoms with Crippen LogP contribution in [0.4, 0.5) is 4.79 Å². The maximum Gasteiger partial charge on any atom is 0.404 e. The quantitative estimate of drug-likeness (QED) is 0.698. The zero-order valence-corrected chi connectivity index (χ0v) is 16.1. The topological polar surface area (TPSA) is 79.5 Å². The Labute approximate surface area is 164 Å². The molecule has 6 heteroatoms. The average molecular weight is 378 g/mol. The standard InChI is InChI=1S/C22H26N4O2/c1-15-20-14-24-21(26(20)12-11-23-15)18-9-7-17(8-10-18)19(25-22(27)28)13-16-5-3-2-4-6-16/h2-6,11-12,14,17-19,25H,7-10,13H2,1H3,(H,27,28). The first kappa shape index (κ1) is 18.5. The number of carboxylic acid groups (broad SMARTS) is 1. The fourth-order valence-electron chi connectivity index (χ4n) is 4.52. The molecule has 3 aromatic rings. The molecule has 2 heterocycles. The van der Waals surface area contributed by atoms with Gasteiger partial charge in [-0.1, -0.05) is 30.3 Å². The Morgan fingerprint density at radius 2 is 1.96 bits per heavy atom. The number of fused-ring (bicyclic) bond motifs is 1. The second-order valence-electron chi connectivity index (χ2n) is 7.74. The van der Waals surface area contributed by atoms with Crippen LogP contribution in [-0.2, 0) is 6.42 Å². The molecule has 4 rings (SSSR count). The summed E-state index contributed by atoms with van der Waals surface area (Å²) >= 11 is 0. The number of imidazole rings is 1. The molecule has 6 nitrogen and oxygen atoms in total. The van der Waals surface area contributed by atoms with Crippen LogP contribution in [0, 0.1) is 12.8 Å². The first-order valence-electron chi connectivity index (χ1n) is 9.93. The van der Waals surface area contributed by atoms with Gasteiger partial charge in [-0.25, -0.2) is 9.78 Å². The molecule has 1 amide bonds. The molecule has 1 aliphatic rings. The predicted molar refractivity (Wildman–Crippen MR) is 108 cm³/mol. The van der Waals surface area contributed by atoms with E-state index in [1.165, 1.54) is 5.56 Å². The van der Waals surface area contributed by atoms with E-state index in [-0.39, 0.29) is 6.04 Å². The van der Waals surface area contributed by atoms with E-state index in [4.69, 9.17) is 0 Å². The molecule has 2 aromatic heterocycles. The van der Waals surface area contributed by atoms with Crippen molar-refractivity contribution < 1.29 is 9.90 Å². The molecule has 0 aliphatic heterocycles. The van der Waals surface area contributed by atoms with Crippen LogP contribution in [0.5, 0.6) is 0 Å². The number of rotatable bonds is 5. The van der Waals surface area contributed by atoms with Crippen LogP contribution in [0.25, 0.3) is 5.52 Å². The lowest BCUT2D eigenvalue weighted by atomic mass is 9.76.